The molecule has 1 unspecified atom stereocenters. The van der Waals surface area contributed by atoms with Crippen LogP contribution in [0.1, 0.15) is 36.7 Å². The zero-order chi connectivity index (χ0) is 21.1. The number of amides is 1. The zero-order valence-electron chi connectivity index (χ0n) is 17.3. The Bertz CT molecular complexity index is 1060. The molecule has 0 aliphatic carbocycles. The lowest BCUT2D eigenvalue weighted by Crippen LogP contribution is -2.71. The number of carbonyl (C=O) groups is 1. The van der Waals surface area contributed by atoms with E-state index in [-0.39, 0.29) is 11.9 Å². The van der Waals surface area contributed by atoms with Gasteiger partial charge in [0.1, 0.15) is 23.5 Å². The quantitative estimate of drug-likeness (QED) is 0.797. The summed E-state index contributed by atoms with van der Waals surface area (Å²) in [5.41, 5.74) is 6.26. The maximum absolute atomic E-state index is 12.7. The third-order valence-electron chi connectivity index (χ3n) is 6.64. The molecule has 0 saturated carbocycles. The molecule has 0 bridgehead atoms. The van der Waals surface area contributed by atoms with Gasteiger partial charge in [-0.1, -0.05) is 0 Å². The molecule has 3 N–H and O–H groups in total. The highest BCUT2D eigenvalue weighted by Crippen LogP contribution is 2.62. The van der Waals surface area contributed by atoms with E-state index in [1.165, 1.54) is 0 Å². The van der Waals surface area contributed by atoms with Crippen molar-refractivity contribution in [3.63, 3.8) is 0 Å². The van der Waals surface area contributed by atoms with Gasteiger partial charge in [-0.15, -0.1) is 0 Å². The van der Waals surface area contributed by atoms with E-state index >= 15 is 0 Å². The Balaban J connectivity index is 1.55. The maximum atomic E-state index is 12.7. The van der Waals surface area contributed by atoms with E-state index in [1.54, 1.807) is 17.1 Å². The molecular formula is C21H25N5O4. The fourth-order valence-corrected chi connectivity index (χ4v) is 4.71. The first-order chi connectivity index (χ1) is 14.3. The number of nitrogens with one attached hydrogen (secondary N) is 1. The number of ether oxygens (including phenoxy) is 3. The van der Waals surface area contributed by atoms with Crippen LogP contribution in [-0.2, 0) is 21.6 Å². The van der Waals surface area contributed by atoms with Crippen LogP contribution < -0.4 is 15.8 Å². The highest BCUT2D eigenvalue weighted by Gasteiger charge is 2.71. The molecule has 4 heterocycles. The standard InChI is InChI=1S/C21H25N5O4/c1-4-26-9-13(8-23-26)17(27)24-14-5-6-16-15(7-14)21(12-29-18(22)25-21)20(10-28-11-20)19(2,3)30-16/h5-9H,4,10-12H2,1-3H3,(H2,22,25)(H,24,27). The molecule has 1 aromatic heterocycles. The molecule has 9 heteroatoms. The van der Waals surface area contributed by atoms with Crippen molar-refractivity contribution in [1.82, 2.24) is 9.78 Å². The van der Waals surface area contributed by atoms with Crippen LogP contribution >= 0.6 is 0 Å². The summed E-state index contributed by atoms with van der Waals surface area (Å²) in [7, 11) is 0. The monoisotopic (exact) mass is 411 g/mol. The van der Waals surface area contributed by atoms with E-state index in [9.17, 15) is 4.79 Å². The minimum Gasteiger partial charge on any atom is -0.487 e. The molecule has 5 rings (SSSR count). The van der Waals surface area contributed by atoms with Crippen molar-refractivity contribution < 1.29 is 19.0 Å². The van der Waals surface area contributed by atoms with E-state index in [2.05, 4.69) is 10.4 Å². The van der Waals surface area contributed by atoms with Crippen LogP contribution in [0.4, 0.5) is 5.69 Å². The number of anilines is 1. The Kier molecular flexibility index (Phi) is 3.92. The number of hydrogen-bond acceptors (Lipinski definition) is 7. The molecule has 0 radical (unpaired) electrons. The summed E-state index contributed by atoms with van der Waals surface area (Å²) in [6.45, 7) is 8.05. The number of nitrogens with two attached hydrogens (primary N) is 1. The number of benzene rings is 1. The van der Waals surface area contributed by atoms with Gasteiger partial charge < -0.3 is 25.3 Å². The number of aromatic nitrogens is 2. The lowest BCUT2D eigenvalue weighted by Gasteiger charge is -2.61. The Morgan fingerprint density at radius 2 is 2.10 bits per heavy atom. The second kappa shape index (κ2) is 6.21. The van der Waals surface area contributed by atoms with Gasteiger partial charge in [0.2, 0.25) is 0 Å². The third kappa shape index (κ3) is 2.41. The first-order valence-electron chi connectivity index (χ1n) is 10.0. The van der Waals surface area contributed by atoms with Crippen LogP contribution in [0.3, 0.4) is 0 Å². The Morgan fingerprint density at radius 3 is 2.70 bits per heavy atom. The molecule has 1 fully saturated rings. The van der Waals surface area contributed by atoms with E-state index < -0.39 is 16.6 Å². The molecule has 1 saturated heterocycles. The second-order valence-corrected chi connectivity index (χ2v) is 8.54. The predicted molar refractivity (Wildman–Crippen MR) is 110 cm³/mol. The number of aliphatic imine (C=N–C) groups is 1. The number of hydrogen-bond donors (Lipinski definition) is 2. The highest BCUT2D eigenvalue weighted by molar-refractivity contribution is 6.04. The molecule has 1 amide bonds. The molecule has 2 spiro atoms. The van der Waals surface area contributed by atoms with Gasteiger partial charge in [-0.05, 0) is 39.0 Å². The Labute approximate surface area is 174 Å². The summed E-state index contributed by atoms with van der Waals surface area (Å²) in [6.07, 6.45) is 3.28. The Morgan fingerprint density at radius 1 is 1.30 bits per heavy atom. The number of nitrogens with zero attached hydrogens (tertiary/aromatic N) is 3. The summed E-state index contributed by atoms with van der Waals surface area (Å²) in [5, 5.41) is 7.11. The lowest BCUT2D eigenvalue weighted by molar-refractivity contribution is -0.247. The van der Waals surface area contributed by atoms with Crippen molar-refractivity contribution in [1.29, 1.82) is 0 Å². The minimum absolute atomic E-state index is 0.159. The minimum atomic E-state index is -0.736. The van der Waals surface area contributed by atoms with Crippen molar-refractivity contribution in [2.24, 2.45) is 16.1 Å². The molecule has 2 aromatic rings. The molecule has 1 aromatic carbocycles. The van der Waals surface area contributed by atoms with Gasteiger partial charge in [-0.3, -0.25) is 9.48 Å². The van der Waals surface area contributed by atoms with Crippen molar-refractivity contribution in [3.05, 3.63) is 41.7 Å². The normalized spacial score (nSPS) is 25.1. The van der Waals surface area contributed by atoms with Gasteiger partial charge in [0.25, 0.3) is 11.9 Å². The number of aryl methyl sites for hydroxylation is 1. The largest absolute Gasteiger partial charge is 0.487 e. The fourth-order valence-electron chi connectivity index (χ4n) is 4.71. The van der Waals surface area contributed by atoms with Crippen LogP contribution in [0.25, 0.3) is 0 Å². The summed E-state index contributed by atoms with van der Waals surface area (Å²) in [5.74, 6) is 0.476. The number of fused-ring (bicyclic) bond motifs is 3. The average Bonchev–Trinajstić information content (AvgIpc) is 3.28. The van der Waals surface area contributed by atoms with E-state index in [4.69, 9.17) is 24.9 Å². The first kappa shape index (κ1) is 18.9. The summed E-state index contributed by atoms with van der Waals surface area (Å²) >= 11 is 0. The van der Waals surface area contributed by atoms with Gasteiger partial charge in [-0.25, -0.2) is 4.99 Å². The smallest absolute Gasteiger partial charge is 0.283 e. The highest BCUT2D eigenvalue weighted by atomic mass is 16.5. The molecule has 3 aliphatic heterocycles. The van der Waals surface area contributed by atoms with Gasteiger partial charge in [0, 0.05) is 24.0 Å². The van der Waals surface area contributed by atoms with E-state index in [0.29, 0.717) is 43.4 Å². The Hall–Kier alpha value is -3.07. The van der Waals surface area contributed by atoms with Crippen molar-refractivity contribution in [3.8, 4) is 5.75 Å². The fraction of sp³-hybridized carbons (Fsp3) is 0.476. The molecule has 9 nitrogen and oxygen atoms in total. The SMILES string of the molecule is CCn1cc(C(=O)Nc2ccc3c(c2)C2(COC(N)=N2)C2(COC2)C(C)(C)O3)cn1. The summed E-state index contributed by atoms with van der Waals surface area (Å²) in [6, 6.07) is 5.74. The van der Waals surface area contributed by atoms with Crippen molar-refractivity contribution in [2.75, 3.05) is 25.1 Å². The molecule has 3 aliphatic rings. The average molecular weight is 411 g/mol. The van der Waals surface area contributed by atoms with Gasteiger partial charge in [0.15, 0.2) is 0 Å². The second-order valence-electron chi connectivity index (χ2n) is 8.54. The van der Waals surface area contributed by atoms with Crippen LogP contribution in [0.15, 0.2) is 35.6 Å². The van der Waals surface area contributed by atoms with Crippen LogP contribution in [0.2, 0.25) is 0 Å². The van der Waals surface area contributed by atoms with Crippen LogP contribution in [-0.4, -0.2) is 47.1 Å². The van der Waals surface area contributed by atoms with E-state index in [1.807, 2.05) is 39.0 Å². The predicted octanol–water partition coefficient (Wildman–Crippen LogP) is 1.88. The molecule has 1 atom stereocenters. The maximum Gasteiger partial charge on any atom is 0.283 e. The van der Waals surface area contributed by atoms with Crippen molar-refractivity contribution in [2.45, 2.75) is 38.5 Å². The van der Waals surface area contributed by atoms with Crippen LogP contribution in [0, 0.1) is 5.41 Å². The van der Waals surface area contributed by atoms with Gasteiger partial charge in [0.05, 0.1) is 30.4 Å². The van der Waals surface area contributed by atoms with Crippen molar-refractivity contribution >= 4 is 17.6 Å². The lowest BCUT2D eigenvalue weighted by atomic mass is 9.55. The number of carbonyl (C=O) groups excluding carboxylic acids is 1. The summed E-state index contributed by atoms with van der Waals surface area (Å²) < 4.78 is 19.4. The zero-order valence-corrected chi connectivity index (χ0v) is 17.3. The molecular weight excluding hydrogens is 386 g/mol. The van der Waals surface area contributed by atoms with Gasteiger partial charge in [-0.2, -0.15) is 5.10 Å². The third-order valence-corrected chi connectivity index (χ3v) is 6.64. The first-order valence-corrected chi connectivity index (χ1v) is 10.0. The molecule has 30 heavy (non-hydrogen) atoms. The van der Waals surface area contributed by atoms with Gasteiger partial charge >= 0.3 is 0 Å². The number of amidine groups is 1. The van der Waals surface area contributed by atoms with Crippen LogP contribution in [0.5, 0.6) is 5.75 Å². The summed E-state index contributed by atoms with van der Waals surface area (Å²) in [4.78, 5) is 17.5. The number of rotatable bonds is 3. The molecule has 158 valence electrons. The topological polar surface area (TPSA) is 113 Å². The van der Waals surface area contributed by atoms with E-state index in [0.717, 1.165) is 5.56 Å².